The Hall–Kier alpha value is -4.27. The minimum absolute atomic E-state index is 0.0271. The number of carbonyl (C=O) groups is 1. The van der Waals surface area contributed by atoms with E-state index >= 15 is 0 Å². The number of methoxy groups -OCH3 is 1. The highest BCUT2D eigenvalue weighted by Crippen LogP contribution is 2.34. The highest BCUT2D eigenvalue weighted by molar-refractivity contribution is 6.05. The van der Waals surface area contributed by atoms with Crippen LogP contribution in [0, 0.1) is 30.5 Å². The fourth-order valence-electron chi connectivity index (χ4n) is 5.66. The number of benzene rings is 1. The van der Waals surface area contributed by atoms with E-state index in [0.29, 0.717) is 47.1 Å². The third-order valence-corrected chi connectivity index (χ3v) is 7.90. The molecule has 0 bridgehead atoms. The Labute approximate surface area is 254 Å². The third kappa shape index (κ3) is 6.55. The molecule has 1 fully saturated rings. The van der Waals surface area contributed by atoms with Gasteiger partial charge >= 0.3 is 0 Å². The topological polar surface area (TPSA) is 94.4 Å². The van der Waals surface area contributed by atoms with Gasteiger partial charge in [0.05, 0.1) is 41.1 Å². The van der Waals surface area contributed by atoms with Crippen LogP contribution in [-0.2, 0) is 0 Å². The van der Waals surface area contributed by atoms with E-state index in [2.05, 4.69) is 35.5 Å². The molecule has 1 aliphatic heterocycles. The maximum Gasteiger partial charge on any atom is 0.167 e. The summed E-state index contributed by atoms with van der Waals surface area (Å²) in [5, 5.41) is 12.2. The number of nitrogens with zero attached hydrogens (tertiary/aromatic N) is 4. The van der Waals surface area contributed by atoms with Gasteiger partial charge in [-0.15, -0.1) is 0 Å². The minimum atomic E-state index is -0.477. The van der Waals surface area contributed by atoms with Gasteiger partial charge in [0.1, 0.15) is 11.5 Å². The van der Waals surface area contributed by atoms with Crippen molar-refractivity contribution in [3.8, 4) is 5.75 Å². The Morgan fingerprint density at radius 3 is 2.37 bits per heavy atom. The van der Waals surface area contributed by atoms with Gasteiger partial charge in [-0.05, 0) is 70.5 Å². The molecule has 1 saturated heterocycles. The predicted octanol–water partition coefficient (Wildman–Crippen LogP) is 7.17. The van der Waals surface area contributed by atoms with Gasteiger partial charge in [0.25, 0.3) is 0 Å². The standard InChI is InChI=1S/C34H43FN6O2/c1-20-17-29(37-21(2)30(20)23(4)42)40-15-16-41(34(8,9)19-40)22(3)26-12-13-27(31(39-26)32(36)33(5,6)7)38-24-11-14-28(43-10)25(35)18-24/h11-14,17-18,36,38H,3,15-16,19H2,1-2,4-10H3. The van der Waals surface area contributed by atoms with Crippen molar-refractivity contribution in [1.82, 2.24) is 14.9 Å². The van der Waals surface area contributed by atoms with Crippen molar-refractivity contribution in [2.75, 3.05) is 37.0 Å². The molecule has 3 heterocycles. The van der Waals surface area contributed by atoms with Crippen molar-refractivity contribution >= 4 is 34.4 Å². The van der Waals surface area contributed by atoms with Crippen LogP contribution < -0.4 is 15.0 Å². The van der Waals surface area contributed by atoms with Crippen molar-refractivity contribution in [3.63, 3.8) is 0 Å². The van der Waals surface area contributed by atoms with Crippen LogP contribution in [0.2, 0.25) is 0 Å². The third-order valence-electron chi connectivity index (χ3n) is 7.90. The van der Waals surface area contributed by atoms with E-state index in [0.717, 1.165) is 29.3 Å². The lowest BCUT2D eigenvalue weighted by atomic mass is 9.87. The molecule has 228 valence electrons. The summed E-state index contributed by atoms with van der Waals surface area (Å²) >= 11 is 0. The molecular weight excluding hydrogens is 543 g/mol. The second-order valence-corrected chi connectivity index (χ2v) is 12.8. The summed E-state index contributed by atoms with van der Waals surface area (Å²) in [7, 11) is 1.43. The molecule has 8 nitrogen and oxygen atoms in total. The maximum absolute atomic E-state index is 14.4. The van der Waals surface area contributed by atoms with Crippen LogP contribution in [0.4, 0.5) is 21.6 Å². The lowest BCUT2D eigenvalue weighted by molar-refractivity contribution is 0.101. The number of aromatic nitrogens is 2. The van der Waals surface area contributed by atoms with Gasteiger partial charge in [-0.25, -0.2) is 14.4 Å². The zero-order valence-corrected chi connectivity index (χ0v) is 26.8. The van der Waals surface area contributed by atoms with Crippen LogP contribution in [0.1, 0.15) is 74.5 Å². The van der Waals surface area contributed by atoms with Crippen LogP contribution in [-0.4, -0.2) is 58.6 Å². The summed E-state index contributed by atoms with van der Waals surface area (Å²) in [6, 6.07) is 10.4. The first-order chi connectivity index (χ1) is 20.0. The number of hydrogen-bond donors (Lipinski definition) is 2. The quantitative estimate of drug-likeness (QED) is 0.213. The highest BCUT2D eigenvalue weighted by Gasteiger charge is 2.36. The van der Waals surface area contributed by atoms with Crippen LogP contribution >= 0.6 is 0 Å². The average Bonchev–Trinajstić information content (AvgIpc) is 2.91. The van der Waals surface area contributed by atoms with Crippen LogP contribution in [0.5, 0.6) is 5.75 Å². The Bertz CT molecular complexity index is 1570. The fraction of sp³-hybridized carbons (Fsp3) is 0.412. The lowest BCUT2D eigenvalue weighted by Crippen LogP contribution is -2.58. The van der Waals surface area contributed by atoms with Gasteiger partial charge in [-0.1, -0.05) is 27.4 Å². The van der Waals surface area contributed by atoms with Crippen molar-refractivity contribution in [2.24, 2.45) is 5.41 Å². The van der Waals surface area contributed by atoms with Gasteiger partial charge in [-0.3, -0.25) is 4.79 Å². The van der Waals surface area contributed by atoms with Crippen LogP contribution in [0.3, 0.4) is 0 Å². The van der Waals surface area contributed by atoms with E-state index in [1.54, 1.807) is 19.1 Å². The van der Waals surface area contributed by atoms with E-state index in [9.17, 15) is 9.18 Å². The van der Waals surface area contributed by atoms with Gasteiger partial charge in [0.2, 0.25) is 0 Å². The number of halogens is 1. The molecule has 43 heavy (non-hydrogen) atoms. The highest BCUT2D eigenvalue weighted by atomic mass is 19.1. The molecule has 0 amide bonds. The number of carbonyl (C=O) groups excluding carboxylic acids is 1. The number of anilines is 3. The first-order valence-electron chi connectivity index (χ1n) is 14.5. The Kier molecular flexibility index (Phi) is 8.67. The summed E-state index contributed by atoms with van der Waals surface area (Å²) in [4.78, 5) is 26.3. The molecule has 0 radical (unpaired) electrons. The molecular formula is C34H43FN6O2. The van der Waals surface area contributed by atoms with E-state index in [-0.39, 0.29) is 17.1 Å². The van der Waals surface area contributed by atoms with E-state index < -0.39 is 11.2 Å². The summed E-state index contributed by atoms with van der Waals surface area (Å²) in [6.45, 7) is 22.2. The first kappa shape index (κ1) is 31.7. The SMILES string of the molecule is C=C(c1ccc(Nc2ccc(OC)c(F)c2)c(C(=N)C(C)(C)C)n1)N1CCN(c2cc(C)c(C(C)=O)c(C)n2)CC1(C)C. The predicted molar refractivity (Wildman–Crippen MR) is 173 cm³/mol. The van der Waals surface area contributed by atoms with Gasteiger partial charge < -0.3 is 25.3 Å². The van der Waals surface area contributed by atoms with E-state index in [4.69, 9.17) is 20.1 Å². The van der Waals surface area contributed by atoms with E-state index in [1.165, 1.54) is 13.2 Å². The second-order valence-electron chi connectivity index (χ2n) is 12.8. The molecule has 0 saturated carbocycles. The minimum Gasteiger partial charge on any atom is -0.494 e. The first-order valence-corrected chi connectivity index (χ1v) is 14.5. The largest absolute Gasteiger partial charge is 0.494 e. The number of rotatable bonds is 8. The molecule has 0 atom stereocenters. The maximum atomic E-state index is 14.4. The normalized spacial score (nSPS) is 14.8. The van der Waals surface area contributed by atoms with Crippen molar-refractivity contribution in [1.29, 1.82) is 5.41 Å². The monoisotopic (exact) mass is 586 g/mol. The van der Waals surface area contributed by atoms with E-state index in [1.807, 2.05) is 52.8 Å². The van der Waals surface area contributed by atoms with Crippen molar-refractivity contribution < 1.29 is 13.9 Å². The summed E-state index contributed by atoms with van der Waals surface area (Å²) in [6.07, 6.45) is 0. The van der Waals surface area contributed by atoms with Gasteiger partial charge in [0, 0.05) is 42.4 Å². The molecule has 1 aromatic carbocycles. The van der Waals surface area contributed by atoms with Crippen molar-refractivity contribution in [2.45, 2.75) is 60.9 Å². The lowest BCUT2D eigenvalue weighted by Gasteiger charge is -2.49. The molecule has 4 rings (SSSR count). The zero-order chi connectivity index (χ0) is 31.9. The molecule has 2 N–H and O–H groups in total. The number of piperazine rings is 1. The molecule has 1 aliphatic rings. The molecule has 9 heteroatoms. The Balaban J connectivity index is 1.62. The summed E-state index contributed by atoms with van der Waals surface area (Å²) in [5.41, 5.74) is 5.00. The number of nitrogens with one attached hydrogen (secondary N) is 2. The number of hydrogen-bond acceptors (Lipinski definition) is 8. The Morgan fingerprint density at radius 1 is 1.12 bits per heavy atom. The van der Waals surface area contributed by atoms with Crippen LogP contribution in [0.25, 0.3) is 5.70 Å². The molecule has 3 aromatic rings. The van der Waals surface area contributed by atoms with Gasteiger partial charge in [-0.2, -0.15) is 0 Å². The fourth-order valence-corrected chi connectivity index (χ4v) is 5.66. The zero-order valence-electron chi connectivity index (χ0n) is 26.8. The number of ether oxygens (including phenoxy) is 1. The molecule has 0 unspecified atom stereocenters. The average molecular weight is 587 g/mol. The van der Waals surface area contributed by atoms with Crippen LogP contribution in [0.15, 0.2) is 43.0 Å². The van der Waals surface area contributed by atoms with Gasteiger partial charge in [0.15, 0.2) is 17.3 Å². The second kappa shape index (κ2) is 11.8. The molecule has 0 spiro atoms. The smallest absolute Gasteiger partial charge is 0.167 e. The molecule has 0 aliphatic carbocycles. The summed E-state index contributed by atoms with van der Waals surface area (Å²) < 4.78 is 19.5. The summed E-state index contributed by atoms with van der Waals surface area (Å²) in [5.74, 6) is 0.575. The molecule has 2 aromatic heterocycles. The van der Waals surface area contributed by atoms with Crippen molar-refractivity contribution in [3.05, 3.63) is 77.0 Å². The number of ketones is 1. The number of aryl methyl sites for hydroxylation is 2. The number of Topliss-reactive ketones (excluding diaryl/α,β-unsaturated/α-hetero) is 1. The number of pyridine rings is 2. The Morgan fingerprint density at radius 2 is 1.81 bits per heavy atom.